The number of allylic oxidation sites excluding steroid dienone is 1. The van der Waals surface area contributed by atoms with Gasteiger partial charge in [0.15, 0.2) is 0 Å². The summed E-state index contributed by atoms with van der Waals surface area (Å²) in [6.07, 6.45) is -8.37. The van der Waals surface area contributed by atoms with Gasteiger partial charge in [0.1, 0.15) is 0 Å². The van der Waals surface area contributed by atoms with Crippen molar-refractivity contribution in [3.63, 3.8) is 0 Å². The van der Waals surface area contributed by atoms with Crippen LogP contribution in [0.25, 0.3) is 6.08 Å². The highest BCUT2D eigenvalue weighted by atomic mass is 79.9. The van der Waals surface area contributed by atoms with Crippen LogP contribution in [0.15, 0.2) is 34.8 Å². The largest absolute Gasteiger partial charge is 0.460 e. The number of alkyl halides is 13. The lowest BCUT2D eigenvalue weighted by Gasteiger charge is -2.39. The summed E-state index contributed by atoms with van der Waals surface area (Å²) in [6, 6.07) is 4.66. The van der Waals surface area contributed by atoms with Crippen LogP contribution in [-0.4, -0.2) is 35.8 Å². The summed E-state index contributed by atoms with van der Waals surface area (Å²) in [7, 11) is 0. The van der Waals surface area contributed by atoms with E-state index in [1.807, 2.05) is 0 Å². The van der Waals surface area contributed by atoms with Crippen molar-refractivity contribution in [2.75, 3.05) is 0 Å². The first kappa shape index (κ1) is 24.6. The first-order chi connectivity index (χ1) is 12.2. The second kappa shape index (κ2) is 7.10. The van der Waals surface area contributed by atoms with Gasteiger partial charge in [-0.05, 0) is 17.7 Å². The van der Waals surface area contributed by atoms with Crippen LogP contribution in [0.2, 0.25) is 0 Å². The van der Waals surface area contributed by atoms with Crippen LogP contribution in [0.1, 0.15) is 5.56 Å². The van der Waals surface area contributed by atoms with E-state index in [1.165, 1.54) is 18.2 Å². The molecule has 0 amide bonds. The van der Waals surface area contributed by atoms with E-state index < -0.39 is 41.9 Å². The Bertz CT molecular complexity index is 733. The maximum atomic E-state index is 13.5. The van der Waals surface area contributed by atoms with E-state index in [0.717, 1.165) is 6.07 Å². The summed E-state index contributed by atoms with van der Waals surface area (Å²) in [5.74, 6) is -37.0. The van der Waals surface area contributed by atoms with Crippen molar-refractivity contribution in [2.45, 2.75) is 35.8 Å². The summed E-state index contributed by atoms with van der Waals surface area (Å²) in [5, 5.41) is 0. The van der Waals surface area contributed by atoms with Crippen LogP contribution in [0.5, 0.6) is 0 Å². The molecule has 0 aromatic heterocycles. The first-order valence-electron chi connectivity index (χ1n) is 6.63. The predicted octanol–water partition coefficient (Wildman–Crippen LogP) is 7.20. The molecule has 14 heteroatoms. The Kier molecular flexibility index (Phi) is 6.23. The number of benzene rings is 1. The molecule has 0 nitrogen and oxygen atoms in total. The molecule has 160 valence electrons. The molecule has 0 aliphatic rings. The Hall–Kier alpha value is -1.47. The zero-order valence-corrected chi connectivity index (χ0v) is 14.3. The first-order valence-corrected chi connectivity index (χ1v) is 7.43. The Morgan fingerprint density at radius 2 is 1.04 bits per heavy atom. The third-order valence-electron chi connectivity index (χ3n) is 3.34. The smallest absolute Gasteiger partial charge is 0.195 e. The molecule has 1 aromatic carbocycles. The summed E-state index contributed by atoms with van der Waals surface area (Å²) < 4.78 is 168. The van der Waals surface area contributed by atoms with Crippen molar-refractivity contribution in [1.29, 1.82) is 0 Å². The lowest BCUT2D eigenvalue weighted by molar-refractivity contribution is -0.436. The van der Waals surface area contributed by atoms with E-state index in [9.17, 15) is 57.1 Å². The van der Waals surface area contributed by atoms with Gasteiger partial charge in [-0.1, -0.05) is 40.2 Å². The fourth-order valence-electron chi connectivity index (χ4n) is 1.69. The Balaban J connectivity index is 3.43. The normalized spacial score (nSPS) is 15.4. The maximum absolute atomic E-state index is 13.5. The van der Waals surface area contributed by atoms with E-state index >= 15 is 0 Å². The molecular formula is C14H6BrF13. The number of hydrogen-bond acceptors (Lipinski definition) is 0. The molecular weight excluding hydrogens is 495 g/mol. The third-order valence-corrected chi connectivity index (χ3v) is 4.06. The molecule has 1 aromatic rings. The van der Waals surface area contributed by atoms with Gasteiger partial charge in [-0.25, -0.2) is 0 Å². The molecule has 0 atom stereocenters. The van der Waals surface area contributed by atoms with Gasteiger partial charge in [-0.2, -0.15) is 57.1 Å². The van der Waals surface area contributed by atoms with Crippen molar-refractivity contribution in [3.8, 4) is 0 Å². The van der Waals surface area contributed by atoms with E-state index in [2.05, 4.69) is 15.9 Å². The van der Waals surface area contributed by atoms with Crippen LogP contribution in [-0.2, 0) is 0 Å². The fraction of sp³-hybridized carbons (Fsp3) is 0.429. The van der Waals surface area contributed by atoms with Crippen molar-refractivity contribution in [3.05, 3.63) is 40.4 Å². The minimum Gasteiger partial charge on any atom is -0.195 e. The molecule has 0 heterocycles. The average Bonchev–Trinajstić information content (AvgIpc) is 2.52. The summed E-state index contributed by atoms with van der Waals surface area (Å²) >= 11 is 2.76. The quantitative estimate of drug-likeness (QED) is 0.362. The van der Waals surface area contributed by atoms with Gasteiger partial charge in [0.2, 0.25) is 0 Å². The molecule has 0 N–H and O–H groups in total. The number of hydrogen-bond donors (Lipinski definition) is 0. The Morgan fingerprint density at radius 3 is 1.46 bits per heavy atom. The third kappa shape index (κ3) is 3.71. The number of halogens is 14. The minimum atomic E-state index is -7.90. The van der Waals surface area contributed by atoms with Gasteiger partial charge in [-0.3, -0.25) is 0 Å². The second-order valence-corrected chi connectivity index (χ2v) is 6.13. The van der Waals surface area contributed by atoms with Gasteiger partial charge >= 0.3 is 35.8 Å². The summed E-state index contributed by atoms with van der Waals surface area (Å²) in [6.45, 7) is 0. The standard InChI is InChI=1S/C14H6BrF13/c15-8-4-2-1-3-7(8)5-6-9(16,17)10(18,19)11(20,21)12(22,23)13(24,25)14(26,27)28/h1-6H/b6-5+. The van der Waals surface area contributed by atoms with Gasteiger partial charge in [0, 0.05) is 4.47 Å². The molecule has 0 fully saturated rings. The van der Waals surface area contributed by atoms with Gasteiger partial charge < -0.3 is 0 Å². The molecule has 28 heavy (non-hydrogen) atoms. The monoisotopic (exact) mass is 500 g/mol. The Labute approximate surface area is 156 Å². The SMILES string of the molecule is FC(F)(F)C(F)(F)C(F)(F)C(F)(F)C(F)(F)C(F)(F)/C=C/c1ccccc1Br. The molecule has 0 spiro atoms. The average molecular weight is 501 g/mol. The van der Waals surface area contributed by atoms with Gasteiger partial charge in [-0.15, -0.1) is 0 Å². The van der Waals surface area contributed by atoms with Crippen LogP contribution >= 0.6 is 15.9 Å². The maximum Gasteiger partial charge on any atom is 0.460 e. The molecule has 0 saturated carbocycles. The fourth-order valence-corrected chi connectivity index (χ4v) is 2.11. The molecule has 0 saturated heterocycles. The molecule has 1 rings (SSSR count). The van der Waals surface area contributed by atoms with Crippen LogP contribution in [0, 0.1) is 0 Å². The highest BCUT2D eigenvalue weighted by molar-refractivity contribution is 9.10. The van der Waals surface area contributed by atoms with Crippen LogP contribution in [0.4, 0.5) is 57.1 Å². The van der Waals surface area contributed by atoms with Crippen molar-refractivity contribution < 1.29 is 57.1 Å². The number of rotatable bonds is 6. The second-order valence-electron chi connectivity index (χ2n) is 5.27. The van der Waals surface area contributed by atoms with Crippen LogP contribution < -0.4 is 0 Å². The zero-order chi connectivity index (χ0) is 22.4. The van der Waals surface area contributed by atoms with E-state index in [1.54, 1.807) is 0 Å². The molecule has 0 aliphatic carbocycles. The predicted molar refractivity (Wildman–Crippen MR) is 74.0 cm³/mol. The van der Waals surface area contributed by atoms with E-state index in [-0.39, 0.29) is 16.1 Å². The summed E-state index contributed by atoms with van der Waals surface area (Å²) in [5.41, 5.74) is -0.339. The zero-order valence-electron chi connectivity index (χ0n) is 12.8. The van der Waals surface area contributed by atoms with Crippen molar-refractivity contribution in [2.24, 2.45) is 0 Å². The minimum absolute atomic E-state index is 0.0361. The highest BCUT2D eigenvalue weighted by Crippen LogP contribution is 2.60. The van der Waals surface area contributed by atoms with Crippen molar-refractivity contribution in [1.82, 2.24) is 0 Å². The Morgan fingerprint density at radius 1 is 0.607 bits per heavy atom. The highest BCUT2D eigenvalue weighted by Gasteiger charge is 2.90. The molecule has 0 unspecified atom stereocenters. The topological polar surface area (TPSA) is 0 Å². The van der Waals surface area contributed by atoms with Crippen molar-refractivity contribution >= 4 is 22.0 Å². The summed E-state index contributed by atoms with van der Waals surface area (Å²) in [4.78, 5) is 0. The van der Waals surface area contributed by atoms with E-state index in [4.69, 9.17) is 0 Å². The van der Waals surface area contributed by atoms with Crippen LogP contribution in [0.3, 0.4) is 0 Å². The van der Waals surface area contributed by atoms with Gasteiger partial charge in [0.05, 0.1) is 0 Å². The van der Waals surface area contributed by atoms with E-state index in [0.29, 0.717) is 0 Å². The lowest BCUT2D eigenvalue weighted by Crippen LogP contribution is -2.69. The van der Waals surface area contributed by atoms with Gasteiger partial charge in [0.25, 0.3) is 0 Å². The molecule has 0 radical (unpaired) electrons. The molecule has 0 aliphatic heterocycles. The molecule has 0 bridgehead atoms. The lowest BCUT2D eigenvalue weighted by atomic mass is 9.93.